The zero-order chi connectivity index (χ0) is 11.6. The Bertz CT molecular complexity index is 377. The number of hydrogen-bond donors (Lipinski definition) is 2. The molecule has 1 saturated carbocycles. The Morgan fingerprint density at radius 1 is 1.50 bits per heavy atom. The predicted molar refractivity (Wildman–Crippen MR) is 60.6 cm³/mol. The number of nitrogens with zero attached hydrogens (tertiary/aromatic N) is 2. The number of ether oxygens (including phenoxy) is 1. The molecule has 0 spiro atoms. The third-order valence-corrected chi connectivity index (χ3v) is 3.10. The van der Waals surface area contributed by atoms with Gasteiger partial charge in [0.25, 0.3) is 0 Å². The van der Waals surface area contributed by atoms with E-state index in [1.54, 1.807) is 7.11 Å². The summed E-state index contributed by atoms with van der Waals surface area (Å²) in [6.45, 7) is 2.43. The summed E-state index contributed by atoms with van der Waals surface area (Å²) in [6.07, 6.45) is 4.28. The first-order chi connectivity index (χ1) is 7.64. The molecule has 0 amide bonds. The van der Waals surface area contributed by atoms with Crippen LogP contribution in [-0.4, -0.2) is 34.3 Å². The lowest BCUT2D eigenvalue weighted by Crippen LogP contribution is -2.43. The predicted octanol–water partition coefficient (Wildman–Crippen LogP) is 1.12. The van der Waals surface area contributed by atoms with E-state index in [-0.39, 0.29) is 0 Å². The third kappa shape index (κ3) is 2.09. The summed E-state index contributed by atoms with van der Waals surface area (Å²) in [7, 11) is 1.58. The van der Waals surface area contributed by atoms with Gasteiger partial charge in [-0.3, -0.25) is 0 Å². The lowest BCUT2D eigenvalue weighted by atomic mass is 9.80. The molecular weight excluding hydrogens is 206 g/mol. The molecule has 16 heavy (non-hydrogen) atoms. The first-order valence-corrected chi connectivity index (χ1v) is 5.46. The van der Waals surface area contributed by atoms with Gasteiger partial charge in [0.1, 0.15) is 12.1 Å². The Morgan fingerprint density at radius 2 is 2.25 bits per heavy atom. The average Bonchev–Trinajstić information content (AvgIpc) is 2.25. The summed E-state index contributed by atoms with van der Waals surface area (Å²) in [5, 5.41) is 13.1. The molecule has 1 aliphatic rings. The van der Waals surface area contributed by atoms with Crippen LogP contribution in [0.2, 0.25) is 0 Å². The number of methoxy groups -OCH3 is 1. The summed E-state index contributed by atoms with van der Waals surface area (Å²) in [5.41, 5.74) is 0.317. The maximum absolute atomic E-state index is 9.95. The van der Waals surface area contributed by atoms with E-state index in [4.69, 9.17) is 4.74 Å². The summed E-state index contributed by atoms with van der Waals surface area (Å²) < 4.78 is 5.10. The van der Waals surface area contributed by atoms with Crippen LogP contribution in [0.25, 0.3) is 0 Å². The zero-order valence-electron chi connectivity index (χ0n) is 9.66. The van der Waals surface area contributed by atoms with Crippen LogP contribution in [0, 0.1) is 6.92 Å². The quantitative estimate of drug-likeness (QED) is 0.800. The molecule has 88 valence electrons. The van der Waals surface area contributed by atoms with Crippen LogP contribution in [0.15, 0.2) is 6.33 Å². The minimum atomic E-state index is -0.551. The van der Waals surface area contributed by atoms with Crippen molar-refractivity contribution >= 4 is 5.82 Å². The van der Waals surface area contributed by atoms with Gasteiger partial charge in [-0.15, -0.1) is 0 Å². The Balaban J connectivity index is 2.03. The maximum atomic E-state index is 9.95. The van der Waals surface area contributed by atoms with E-state index in [1.165, 1.54) is 6.33 Å². The highest BCUT2D eigenvalue weighted by molar-refractivity contribution is 5.47. The molecule has 1 fully saturated rings. The normalized spacial score (nSPS) is 17.7. The molecule has 1 heterocycles. The van der Waals surface area contributed by atoms with E-state index in [1.807, 2.05) is 6.92 Å². The van der Waals surface area contributed by atoms with Gasteiger partial charge in [0, 0.05) is 6.54 Å². The molecule has 1 aliphatic carbocycles. The number of aliphatic hydroxyl groups is 1. The minimum Gasteiger partial charge on any atom is -0.481 e. The third-order valence-electron chi connectivity index (χ3n) is 3.10. The van der Waals surface area contributed by atoms with Crippen LogP contribution in [0.5, 0.6) is 5.88 Å². The molecular formula is C11H17N3O2. The minimum absolute atomic E-state index is 0.536. The van der Waals surface area contributed by atoms with Gasteiger partial charge in [0.05, 0.1) is 18.3 Å². The highest BCUT2D eigenvalue weighted by Crippen LogP contribution is 2.32. The molecule has 0 aliphatic heterocycles. The molecule has 0 unspecified atom stereocenters. The molecule has 0 aromatic carbocycles. The van der Waals surface area contributed by atoms with Gasteiger partial charge in [-0.2, -0.15) is 0 Å². The number of aromatic nitrogens is 2. The van der Waals surface area contributed by atoms with Crippen molar-refractivity contribution in [3.05, 3.63) is 11.9 Å². The Labute approximate surface area is 94.9 Å². The highest BCUT2D eigenvalue weighted by atomic mass is 16.5. The lowest BCUT2D eigenvalue weighted by molar-refractivity contribution is -0.0202. The van der Waals surface area contributed by atoms with Crippen molar-refractivity contribution in [1.82, 2.24) is 9.97 Å². The van der Waals surface area contributed by atoms with E-state index >= 15 is 0 Å². The molecule has 0 radical (unpaired) electrons. The molecule has 2 N–H and O–H groups in total. The van der Waals surface area contributed by atoms with Crippen molar-refractivity contribution in [2.75, 3.05) is 19.0 Å². The molecule has 0 atom stereocenters. The van der Waals surface area contributed by atoms with Crippen molar-refractivity contribution in [3.8, 4) is 5.88 Å². The monoisotopic (exact) mass is 223 g/mol. The van der Waals surface area contributed by atoms with Crippen molar-refractivity contribution in [2.24, 2.45) is 0 Å². The van der Waals surface area contributed by atoms with Crippen LogP contribution >= 0.6 is 0 Å². The second kappa shape index (κ2) is 4.25. The van der Waals surface area contributed by atoms with Crippen molar-refractivity contribution in [2.45, 2.75) is 31.8 Å². The first-order valence-electron chi connectivity index (χ1n) is 5.46. The molecule has 0 saturated heterocycles. The summed E-state index contributed by atoms with van der Waals surface area (Å²) in [5.74, 6) is 1.30. The molecule has 1 aromatic rings. The summed E-state index contributed by atoms with van der Waals surface area (Å²) in [4.78, 5) is 8.14. The lowest BCUT2D eigenvalue weighted by Gasteiger charge is -2.36. The number of nitrogens with one attached hydrogen (secondary N) is 1. The van der Waals surface area contributed by atoms with Gasteiger partial charge in [-0.25, -0.2) is 9.97 Å². The fourth-order valence-corrected chi connectivity index (χ4v) is 1.83. The van der Waals surface area contributed by atoms with E-state index < -0.39 is 5.60 Å². The molecule has 5 heteroatoms. The van der Waals surface area contributed by atoms with Gasteiger partial charge < -0.3 is 15.2 Å². The second-order valence-electron chi connectivity index (χ2n) is 4.29. The van der Waals surface area contributed by atoms with Crippen molar-refractivity contribution in [3.63, 3.8) is 0 Å². The Kier molecular flexibility index (Phi) is 2.96. The topological polar surface area (TPSA) is 67.3 Å². The fraction of sp³-hybridized carbons (Fsp3) is 0.636. The first kappa shape index (κ1) is 11.1. The number of anilines is 1. The Morgan fingerprint density at radius 3 is 2.81 bits per heavy atom. The van der Waals surface area contributed by atoms with Crippen LogP contribution in [-0.2, 0) is 0 Å². The van der Waals surface area contributed by atoms with Gasteiger partial charge in [0.15, 0.2) is 0 Å². The molecule has 1 aromatic heterocycles. The Hall–Kier alpha value is -1.36. The van der Waals surface area contributed by atoms with Crippen LogP contribution in [0.4, 0.5) is 5.82 Å². The van der Waals surface area contributed by atoms with E-state index in [0.717, 1.165) is 30.6 Å². The number of rotatable bonds is 4. The van der Waals surface area contributed by atoms with Gasteiger partial charge in [-0.1, -0.05) is 0 Å². The summed E-state index contributed by atoms with van der Waals surface area (Å²) in [6, 6.07) is 0. The van der Waals surface area contributed by atoms with E-state index in [9.17, 15) is 5.11 Å². The molecule has 0 bridgehead atoms. The standard InChI is InChI=1S/C11H17N3O2/c1-8-9(13-7-14-10(8)16-2)12-6-11(15)4-3-5-11/h7,15H,3-6H2,1-2H3,(H,12,13,14). The maximum Gasteiger partial charge on any atom is 0.221 e. The van der Waals surface area contributed by atoms with E-state index in [2.05, 4.69) is 15.3 Å². The smallest absolute Gasteiger partial charge is 0.221 e. The molecule has 2 rings (SSSR count). The molecule has 5 nitrogen and oxygen atoms in total. The van der Waals surface area contributed by atoms with Gasteiger partial charge in [0.2, 0.25) is 5.88 Å². The fourth-order valence-electron chi connectivity index (χ4n) is 1.83. The van der Waals surface area contributed by atoms with Crippen LogP contribution in [0.1, 0.15) is 24.8 Å². The van der Waals surface area contributed by atoms with Crippen molar-refractivity contribution < 1.29 is 9.84 Å². The zero-order valence-corrected chi connectivity index (χ0v) is 9.66. The van der Waals surface area contributed by atoms with Gasteiger partial charge >= 0.3 is 0 Å². The highest BCUT2D eigenvalue weighted by Gasteiger charge is 2.34. The largest absolute Gasteiger partial charge is 0.481 e. The van der Waals surface area contributed by atoms with Crippen LogP contribution in [0.3, 0.4) is 0 Å². The van der Waals surface area contributed by atoms with Gasteiger partial charge in [-0.05, 0) is 26.2 Å². The average molecular weight is 223 g/mol. The SMILES string of the molecule is COc1ncnc(NCC2(O)CCC2)c1C. The van der Waals surface area contributed by atoms with Crippen LogP contribution < -0.4 is 10.1 Å². The number of hydrogen-bond acceptors (Lipinski definition) is 5. The van der Waals surface area contributed by atoms with E-state index in [0.29, 0.717) is 12.4 Å². The summed E-state index contributed by atoms with van der Waals surface area (Å²) >= 11 is 0. The second-order valence-corrected chi connectivity index (χ2v) is 4.29. The van der Waals surface area contributed by atoms with Crippen molar-refractivity contribution in [1.29, 1.82) is 0 Å².